The number of fused-ring (bicyclic) bond motifs is 4. The third-order valence-corrected chi connectivity index (χ3v) is 5.71. The van der Waals surface area contributed by atoms with Gasteiger partial charge in [0, 0.05) is 35.4 Å². The van der Waals surface area contributed by atoms with Crippen LogP contribution in [0.5, 0.6) is 0 Å². The highest BCUT2D eigenvalue weighted by molar-refractivity contribution is 6.31. The second kappa shape index (κ2) is 8.18. The predicted octanol–water partition coefficient (Wildman–Crippen LogP) is 3.18. The van der Waals surface area contributed by atoms with Gasteiger partial charge in [-0.3, -0.25) is 9.69 Å². The molecule has 0 bridgehead atoms. The van der Waals surface area contributed by atoms with E-state index in [1.165, 1.54) is 4.52 Å². The first-order valence-corrected chi connectivity index (χ1v) is 10.5. The van der Waals surface area contributed by atoms with E-state index in [0.29, 0.717) is 27.4 Å². The molecule has 1 saturated heterocycles. The Morgan fingerprint density at radius 3 is 2.70 bits per heavy atom. The van der Waals surface area contributed by atoms with Gasteiger partial charge < -0.3 is 10.1 Å². The average molecular weight is 424 g/mol. The lowest BCUT2D eigenvalue weighted by atomic mass is 10.1. The van der Waals surface area contributed by atoms with Gasteiger partial charge in [0.1, 0.15) is 0 Å². The van der Waals surface area contributed by atoms with Crippen LogP contribution in [-0.4, -0.2) is 58.9 Å². The fourth-order valence-electron chi connectivity index (χ4n) is 3.92. The summed E-state index contributed by atoms with van der Waals surface area (Å²) in [6, 6.07) is 13.1. The molecule has 30 heavy (non-hydrogen) atoms. The van der Waals surface area contributed by atoms with Crippen LogP contribution in [0.4, 0.5) is 5.82 Å². The van der Waals surface area contributed by atoms with Gasteiger partial charge in [0.25, 0.3) is 5.56 Å². The number of nitrogens with zero attached hydrogens (tertiary/aromatic N) is 4. The van der Waals surface area contributed by atoms with Gasteiger partial charge in [0.15, 0.2) is 11.5 Å². The Bertz CT molecular complexity index is 1280. The summed E-state index contributed by atoms with van der Waals surface area (Å²) >= 11 is 6.10. The number of rotatable bonds is 5. The molecule has 0 amide bonds. The van der Waals surface area contributed by atoms with Crippen LogP contribution in [0.25, 0.3) is 27.3 Å². The second-order valence-corrected chi connectivity index (χ2v) is 7.88. The first-order valence-electron chi connectivity index (χ1n) is 10.2. The minimum Gasteiger partial charge on any atom is -0.379 e. The quantitative estimate of drug-likeness (QED) is 0.302. The highest BCUT2D eigenvalue weighted by Crippen LogP contribution is 2.25. The standard InChI is InChI=1S/C22H22ClN5O2/c23-15-6-7-19-18(14-15)22(29)28-21(25-19)17-5-2-1-4-16(17)20(26-28)24-8-3-9-27-10-12-30-13-11-27/h1-2,4-7,14H,3,8-13H2,(H,24,26). The van der Waals surface area contributed by atoms with E-state index in [0.717, 1.165) is 56.6 Å². The summed E-state index contributed by atoms with van der Waals surface area (Å²) in [6.07, 6.45) is 0.981. The molecule has 0 saturated carbocycles. The summed E-state index contributed by atoms with van der Waals surface area (Å²) < 4.78 is 6.78. The zero-order valence-corrected chi connectivity index (χ0v) is 17.2. The van der Waals surface area contributed by atoms with Crippen LogP contribution >= 0.6 is 11.6 Å². The molecule has 1 fully saturated rings. The van der Waals surface area contributed by atoms with Crippen LogP contribution in [0.3, 0.4) is 0 Å². The van der Waals surface area contributed by atoms with Crippen LogP contribution in [-0.2, 0) is 4.74 Å². The van der Waals surface area contributed by atoms with Crippen LogP contribution in [0.1, 0.15) is 6.42 Å². The lowest BCUT2D eigenvalue weighted by Crippen LogP contribution is -2.37. The molecule has 2 aromatic heterocycles. The highest BCUT2D eigenvalue weighted by Gasteiger charge is 2.14. The Labute approximate surface area is 178 Å². The van der Waals surface area contributed by atoms with Crippen molar-refractivity contribution < 1.29 is 4.74 Å². The highest BCUT2D eigenvalue weighted by atomic mass is 35.5. The molecule has 2 aromatic carbocycles. The first-order chi connectivity index (χ1) is 14.7. The lowest BCUT2D eigenvalue weighted by Gasteiger charge is -2.26. The zero-order chi connectivity index (χ0) is 20.5. The summed E-state index contributed by atoms with van der Waals surface area (Å²) in [4.78, 5) is 20.2. The van der Waals surface area contributed by atoms with Gasteiger partial charge >= 0.3 is 0 Å². The monoisotopic (exact) mass is 423 g/mol. The maximum absolute atomic E-state index is 13.1. The molecule has 1 aliphatic heterocycles. The van der Waals surface area contributed by atoms with Crippen molar-refractivity contribution >= 4 is 44.7 Å². The molecule has 8 heteroatoms. The summed E-state index contributed by atoms with van der Waals surface area (Å²) in [7, 11) is 0. The van der Waals surface area contributed by atoms with Gasteiger partial charge in [-0.2, -0.15) is 4.52 Å². The Hall–Kier alpha value is -2.74. The fraction of sp³-hybridized carbons (Fsp3) is 0.318. The predicted molar refractivity (Wildman–Crippen MR) is 120 cm³/mol. The Kier molecular flexibility index (Phi) is 5.25. The van der Waals surface area contributed by atoms with E-state index in [2.05, 4.69) is 15.3 Å². The third kappa shape index (κ3) is 3.60. The minimum atomic E-state index is -0.223. The number of morpholine rings is 1. The molecular formula is C22H22ClN5O2. The summed E-state index contributed by atoms with van der Waals surface area (Å²) in [5, 5.41) is 10.8. The van der Waals surface area contributed by atoms with Crippen LogP contribution < -0.4 is 10.9 Å². The SMILES string of the molecule is O=c1c2cc(Cl)ccc2nc2c3ccccc3c(NCCCN3CCOCC3)nn12. The molecule has 0 aliphatic carbocycles. The third-order valence-electron chi connectivity index (χ3n) is 5.48. The summed E-state index contributed by atoms with van der Waals surface area (Å²) in [5.74, 6) is 0.686. The van der Waals surface area contributed by atoms with Crippen molar-refractivity contribution in [3.05, 3.63) is 57.8 Å². The smallest absolute Gasteiger partial charge is 0.282 e. The number of hydrogen-bond acceptors (Lipinski definition) is 6. The van der Waals surface area contributed by atoms with Gasteiger partial charge in [-0.25, -0.2) is 4.98 Å². The molecule has 3 heterocycles. The van der Waals surface area contributed by atoms with Gasteiger partial charge in [-0.05, 0) is 31.2 Å². The number of hydrogen-bond donors (Lipinski definition) is 1. The van der Waals surface area contributed by atoms with Gasteiger partial charge in [0.05, 0.1) is 24.1 Å². The number of benzene rings is 2. The maximum Gasteiger partial charge on any atom is 0.282 e. The normalized spacial score (nSPS) is 15.2. The second-order valence-electron chi connectivity index (χ2n) is 7.44. The molecule has 154 valence electrons. The van der Waals surface area contributed by atoms with Gasteiger partial charge in [-0.1, -0.05) is 35.9 Å². The van der Waals surface area contributed by atoms with Gasteiger partial charge in [0.2, 0.25) is 0 Å². The van der Waals surface area contributed by atoms with Gasteiger partial charge in [-0.15, -0.1) is 5.10 Å². The zero-order valence-electron chi connectivity index (χ0n) is 16.5. The maximum atomic E-state index is 13.1. The fourth-order valence-corrected chi connectivity index (χ4v) is 4.09. The van der Waals surface area contributed by atoms with E-state index in [-0.39, 0.29) is 5.56 Å². The van der Waals surface area contributed by atoms with Crippen molar-refractivity contribution in [1.29, 1.82) is 0 Å². The number of halogens is 1. The number of aromatic nitrogens is 3. The van der Waals surface area contributed by atoms with Crippen LogP contribution in [0.2, 0.25) is 5.02 Å². The van der Waals surface area contributed by atoms with Crippen molar-refractivity contribution in [3.63, 3.8) is 0 Å². The molecule has 1 N–H and O–H groups in total. The summed E-state index contributed by atoms with van der Waals surface area (Å²) in [5.41, 5.74) is 0.937. The molecule has 4 aromatic rings. The van der Waals surface area contributed by atoms with Crippen molar-refractivity contribution in [2.24, 2.45) is 0 Å². The molecule has 7 nitrogen and oxygen atoms in total. The molecule has 0 radical (unpaired) electrons. The van der Waals surface area contributed by atoms with Crippen molar-refractivity contribution in [2.75, 3.05) is 44.7 Å². The minimum absolute atomic E-state index is 0.223. The molecule has 5 rings (SSSR count). The molecular weight excluding hydrogens is 402 g/mol. The van der Waals surface area contributed by atoms with E-state index < -0.39 is 0 Å². The average Bonchev–Trinajstić information content (AvgIpc) is 2.78. The Morgan fingerprint density at radius 1 is 1.07 bits per heavy atom. The summed E-state index contributed by atoms with van der Waals surface area (Å²) in [6.45, 7) is 5.34. The lowest BCUT2D eigenvalue weighted by molar-refractivity contribution is 0.0378. The number of anilines is 1. The van der Waals surface area contributed by atoms with Crippen LogP contribution in [0.15, 0.2) is 47.3 Å². The molecule has 1 aliphatic rings. The van der Waals surface area contributed by atoms with Crippen molar-refractivity contribution in [2.45, 2.75) is 6.42 Å². The first kappa shape index (κ1) is 19.2. The topological polar surface area (TPSA) is 71.8 Å². The van der Waals surface area contributed by atoms with E-state index in [4.69, 9.17) is 21.3 Å². The van der Waals surface area contributed by atoms with E-state index >= 15 is 0 Å². The van der Waals surface area contributed by atoms with E-state index in [1.54, 1.807) is 18.2 Å². The molecule has 0 spiro atoms. The largest absolute Gasteiger partial charge is 0.379 e. The Balaban J connectivity index is 1.51. The number of ether oxygens (including phenoxy) is 1. The van der Waals surface area contributed by atoms with Crippen LogP contribution in [0, 0.1) is 0 Å². The molecule has 0 unspecified atom stereocenters. The van der Waals surface area contributed by atoms with Crippen molar-refractivity contribution in [1.82, 2.24) is 19.5 Å². The Morgan fingerprint density at radius 2 is 1.87 bits per heavy atom. The van der Waals surface area contributed by atoms with E-state index in [1.807, 2.05) is 24.3 Å². The number of nitrogens with one attached hydrogen (secondary N) is 1. The van der Waals surface area contributed by atoms with E-state index in [9.17, 15) is 4.79 Å². The molecule has 0 atom stereocenters. The van der Waals surface area contributed by atoms with Crippen molar-refractivity contribution in [3.8, 4) is 0 Å².